The van der Waals surface area contributed by atoms with Gasteiger partial charge in [-0.2, -0.15) is 0 Å². The van der Waals surface area contributed by atoms with Crippen LogP contribution in [0, 0.1) is 12.3 Å². The Balaban J connectivity index is 2.68. The predicted molar refractivity (Wildman–Crippen MR) is 72.7 cm³/mol. The Hall–Kier alpha value is -1.70. The first-order chi connectivity index (χ1) is 9.10. The molecule has 1 rings (SSSR count). The van der Waals surface area contributed by atoms with Gasteiger partial charge in [-0.05, 0) is 19.3 Å². The molecule has 2 N–H and O–H groups in total. The summed E-state index contributed by atoms with van der Waals surface area (Å²) in [6.07, 6.45) is 10.2. The van der Waals surface area contributed by atoms with Crippen molar-refractivity contribution in [1.82, 2.24) is 10.2 Å². The number of hydrogen-bond acceptors (Lipinski definition) is 2. The van der Waals surface area contributed by atoms with Crippen molar-refractivity contribution in [2.24, 2.45) is 0 Å². The van der Waals surface area contributed by atoms with E-state index in [2.05, 4.69) is 11.2 Å². The van der Waals surface area contributed by atoms with E-state index in [1.165, 1.54) is 0 Å². The van der Waals surface area contributed by atoms with Crippen LogP contribution in [0.2, 0.25) is 0 Å². The Labute approximate surface area is 114 Å². The number of likely N-dealkylation sites (tertiary alicyclic amines) is 1. The average molecular weight is 266 g/mol. The Morgan fingerprint density at radius 2 is 2.21 bits per heavy atom. The number of urea groups is 1. The monoisotopic (exact) mass is 266 g/mol. The zero-order valence-corrected chi connectivity index (χ0v) is 11.4. The minimum absolute atomic E-state index is 0.00566. The summed E-state index contributed by atoms with van der Waals surface area (Å²) in [6, 6.07) is -1.11. The molecule has 1 aliphatic rings. The molecule has 1 saturated heterocycles. The van der Waals surface area contributed by atoms with Crippen LogP contribution in [0.25, 0.3) is 0 Å². The summed E-state index contributed by atoms with van der Waals surface area (Å²) in [4.78, 5) is 25.0. The quantitative estimate of drug-likeness (QED) is 0.763. The fourth-order valence-electron chi connectivity index (χ4n) is 2.42. The molecular weight excluding hydrogens is 244 g/mol. The van der Waals surface area contributed by atoms with Crippen molar-refractivity contribution in [2.75, 3.05) is 6.54 Å². The van der Waals surface area contributed by atoms with E-state index < -0.39 is 12.0 Å². The highest BCUT2D eigenvalue weighted by Gasteiger charge is 2.27. The van der Waals surface area contributed by atoms with Gasteiger partial charge in [0.05, 0.1) is 0 Å². The Morgan fingerprint density at radius 1 is 1.47 bits per heavy atom. The van der Waals surface area contributed by atoms with Crippen LogP contribution >= 0.6 is 0 Å². The van der Waals surface area contributed by atoms with Gasteiger partial charge in [-0.3, -0.25) is 0 Å². The zero-order valence-electron chi connectivity index (χ0n) is 11.4. The summed E-state index contributed by atoms with van der Waals surface area (Å²) < 4.78 is 0. The van der Waals surface area contributed by atoms with Crippen molar-refractivity contribution in [3.63, 3.8) is 0 Å². The molecule has 1 fully saturated rings. The minimum Gasteiger partial charge on any atom is -0.480 e. The number of aliphatic carboxylic acids is 1. The fourth-order valence-corrected chi connectivity index (χ4v) is 2.42. The smallest absolute Gasteiger partial charge is 0.327 e. The Morgan fingerprint density at radius 3 is 2.79 bits per heavy atom. The fraction of sp³-hybridized carbons (Fsp3) is 0.714. The number of nitrogens with zero attached hydrogens (tertiary/aromatic N) is 1. The average Bonchev–Trinajstić information content (AvgIpc) is 2.62. The first-order valence-corrected chi connectivity index (χ1v) is 6.83. The molecule has 0 aromatic rings. The number of carboxylic acids is 1. The van der Waals surface area contributed by atoms with Crippen LogP contribution < -0.4 is 5.32 Å². The SMILES string of the molecule is C#CCC(NC(=O)N1CCCCCC1CC)C(=O)O. The summed E-state index contributed by atoms with van der Waals surface area (Å²) in [5.41, 5.74) is 0. The van der Waals surface area contributed by atoms with Gasteiger partial charge in [0.25, 0.3) is 0 Å². The van der Waals surface area contributed by atoms with E-state index in [0.717, 1.165) is 32.1 Å². The predicted octanol–water partition coefficient (Wildman–Crippen LogP) is 1.83. The standard InChI is InChI=1S/C14H22N2O3/c1-3-8-12(13(17)18)15-14(19)16-10-7-5-6-9-11(16)4-2/h1,11-12H,4-10H2,2H3,(H,15,19)(H,17,18). The first-order valence-electron chi connectivity index (χ1n) is 6.83. The second kappa shape index (κ2) is 7.67. The molecule has 5 heteroatoms. The van der Waals surface area contributed by atoms with Gasteiger partial charge in [-0.25, -0.2) is 9.59 Å². The van der Waals surface area contributed by atoms with Crippen LogP contribution in [-0.2, 0) is 4.79 Å². The number of carboxylic acid groups (broad SMARTS) is 1. The van der Waals surface area contributed by atoms with E-state index in [4.69, 9.17) is 11.5 Å². The molecule has 0 aromatic carbocycles. The van der Waals surface area contributed by atoms with Crippen LogP contribution in [0.1, 0.15) is 45.4 Å². The summed E-state index contributed by atoms with van der Waals surface area (Å²) in [6.45, 7) is 2.74. The van der Waals surface area contributed by atoms with Gasteiger partial charge in [0.2, 0.25) is 0 Å². The summed E-state index contributed by atoms with van der Waals surface area (Å²) in [5.74, 6) is 1.19. The Bertz CT molecular complexity index is 362. The highest BCUT2D eigenvalue weighted by Crippen LogP contribution is 2.19. The number of carbonyl (C=O) groups excluding carboxylic acids is 1. The van der Waals surface area contributed by atoms with Gasteiger partial charge < -0.3 is 15.3 Å². The molecule has 1 aliphatic heterocycles. The van der Waals surface area contributed by atoms with Gasteiger partial charge >= 0.3 is 12.0 Å². The molecule has 0 spiro atoms. The van der Waals surface area contributed by atoms with Gasteiger partial charge in [0, 0.05) is 19.0 Å². The van der Waals surface area contributed by atoms with Crippen molar-refractivity contribution in [3.8, 4) is 12.3 Å². The van der Waals surface area contributed by atoms with E-state index in [1.807, 2.05) is 6.92 Å². The number of nitrogens with one attached hydrogen (secondary N) is 1. The maximum Gasteiger partial charge on any atom is 0.327 e. The lowest BCUT2D eigenvalue weighted by Gasteiger charge is -2.30. The van der Waals surface area contributed by atoms with Crippen molar-refractivity contribution in [2.45, 2.75) is 57.5 Å². The maximum atomic E-state index is 12.2. The second-order valence-electron chi connectivity index (χ2n) is 4.85. The first kappa shape index (κ1) is 15.4. The molecule has 2 amide bonds. The molecule has 0 saturated carbocycles. The van der Waals surface area contributed by atoms with Crippen LogP contribution in [-0.4, -0.2) is 40.6 Å². The molecule has 0 aromatic heterocycles. The minimum atomic E-state index is -1.09. The third-order valence-corrected chi connectivity index (χ3v) is 3.53. The lowest BCUT2D eigenvalue weighted by molar-refractivity contribution is -0.139. The number of carbonyl (C=O) groups is 2. The molecule has 2 atom stereocenters. The van der Waals surface area contributed by atoms with E-state index in [1.54, 1.807) is 4.90 Å². The number of hydrogen-bond donors (Lipinski definition) is 2. The molecule has 5 nitrogen and oxygen atoms in total. The normalized spacial score (nSPS) is 21.1. The highest BCUT2D eigenvalue weighted by atomic mass is 16.4. The molecule has 0 aliphatic carbocycles. The van der Waals surface area contributed by atoms with Gasteiger partial charge in [0.15, 0.2) is 0 Å². The van der Waals surface area contributed by atoms with Gasteiger partial charge in [-0.15, -0.1) is 12.3 Å². The van der Waals surface area contributed by atoms with E-state index in [-0.39, 0.29) is 18.5 Å². The summed E-state index contributed by atoms with van der Waals surface area (Å²) in [5, 5.41) is 11.5. The third-order valence-electron chi connectivity index (χ3n) is 3.53. The molecule has 1 heterocycles. The number of amides is 2. The van der Waals surface area contributed by atoms with Crippen molar-refractivity contribution in [1.29, 1.82) is 0 Å². The number of terminal acetylenes is 1. The van der Waals surface area contributed by atoms with Crippen LogP contribution in [0.15, 0.2) is 0 Å². The summed E-state index contributed by atoms with van der Waals surface area (Å²) >= 11 is 0. The molecule has 2 unspecified atom stereocenters. The molecule has 19 heavy (non-hydrogen) atoms. The summed E-state index contributed by atoms with van der Waals surface area (Å²) in [7, 11) is 0. The van der Waals surface area contributed by atoms with E-state index in [9.17, 15) is 9.59 Å². The van der Waals surface area contributed by atoms with Crippen molar-refractivity contribution < 1.29 is 14.7 Å². The molecule has 0 bridgehead atoms. The molecular formula is C14H22N2O3. The lowest BCUT2D eigenvalue weighted by Crippen LogP contribution is -2.51. The Kier molecular flexibility index (Phi) is 6.20. The second-order valence-corrected chi connectivity index (χ2v) is 4.85. The highest BCUT2D eigenvalue weighted by molar-refractivity contribution is 5.83. The van der Waals surface area contributed by atoms with Crippen molar-refractivity contribution >= 4 is 12.0 Å². The zero-order chi connectivity index (χ0) is 14.3. The molecule has 0 radical (unpaired) electrons. The number of rotatable bonds is 4. The van der Waals surface area contributed by atoms with Crippen LogP contribution in [0.4, 0.5) is 4.79 Å². The topological polar surface area (TPSA) is 69.6 Å². The largest absolute Gasteiger partial charge is 0.480 e. The van der Waals surface area contributed by atoms with Gasteiger partial charge in [0.1, 0.15) is 6.04 Å². The van der Waals surface area contributed by atoms with E-state index in [0.29, 0.717) is 6.54 Å². The third kappa shape index (κ3) is 4.47. The van der Waals surface area contributed by atoms with Crippen LogP contribution in [0.5, 0.6) is 0 Å². The molecule has 106 valence electrons. The van der Waals surface area contributed by atoms with E-state index >= 15 is 0 Å². The maximum absolute atomic E-state index is 12.2. The van der Waals surface area contributed by atoms with Crippen molar-refractivity contribution in [3.05, 3.63) is 0 Å². The van der Waals surface area contributed by atoms with Crippen LogP contribution in [0.3, 0.4) is 0 Å². The lowest BCUT2D eigenvalue weighted by atomic mass is 10.1. The van der Waals surface area contributed by atoms with Gasteiger partial charge in [-0.1, -0.05) is 19.8 Å².